The smallest absolute Gasteiger partial charge is 0.353 e. The van der Waals surface area contributed by atoms with Crippen LogP contribution in [-0.4, -0.2) is 18.7 Å². The zero-order valence-electron chi connectivity index (χ0n) is 9.27. The highest BCUT2D eigenvalue weighted by atomic mass is 16.6. The van der Waals surface area contributed by atoms with Gasteiger partial charge in [-0.3, -0.25) is 0 Å². The number of nitriles is 1. The van der Waals surface area contributed by atoms with E-state index in [4.69, 9.17) is 14.7 Å². The van der Waals surface area contributed by atoms with Crippen molar-refractivity contribution in [3.8, 4) is 6.07 Å². The van der Waals surface area contributed by atoms with Gasteiger partial charge in [-0.1, -0.05) is 30.3 Å². The number of nitrogens with zero attached hydrogens (tertiary/aromatic N) is 1. The maximum atomic E-state index is 11.5. The van der Waals surface area contributed by atoms with Crippen LogP contribution in [0.5, 0.6) is 0 Å². The number of carbonyl (C=O) groups excluding carboxylic acids is 1. The minimum atomic E-state index is -1.53. The van der Waals surface area contributed by atoms with Crippen molar-refractivity contribution in [3.63, 3.8) is 0 Å². The van der Waals surface area contributed by atoms with Crippen molar-refractivity contribution >= 4 is 5.97 Å². The summed E-state index contributed by atoms with van der Waals surface area (Å²) in [6, 6.07) is 11.0. The Labute approximate surface area is 94.4 Å². The highest BCUT2D eigenvalue weighted by molar-refractivity contribution is 5.82. The lowest BCUT2D eigenvalue weighted by molar-refractivity contribution is -0.162. The number of ether oxygens (including phenoxy) is 2. The van der Waals surface area contributed by atoms with Gasteiger partial charge in [0.05, 0.1) is 0 Å². The van der Waals surface area contributed by atoms with Crippen molar-refractivity contribution in [2.45, 2.75) is 19.1 Å². The summed E-state index contributed by atoms with van der Waals surface area (Å²) in [5.41, 5.74) is -0.665. The maximum absolute atomic E-state index is 11.5. The minimum Gasteiger partial charge on any atom is -0.458 e. The molecule has 0 aliphatic carbocycles. The summed E-state index contributed by atoms with van der Waals surface area (Å²) in [6.07, 6.45) is 0. The van der Waals surface area contributed by atoms with Crippen LogP contribution >= 0.6 is 0 Å². The summed E-state index contributed by atoms with van der Waals surface area (Å²) in [6.45, 7) is 1.51. The fourth-order valence-electron chi connectivity index (χ4n) is 1.04. The van der Waals surface area contributed by atoms with Gasteiger partial charge in [0.2, 0.25) is 5.60 Å². The summed E-state index contributed by atoms with van der Waals surface area (Å²) in [5.74, 6) is -0.679. The Hall–Kier alpha value is -1.86. The van der Waals surface area contributed by atoms with E-state index in [-0.39, 0.29) is 6.61 Å². The second-order valence-electron chi connectivity index (χ2n) is 3.41. The zero-order valence-corrected chi connectivity index (χ0v) is 9.27. The van der Waals surface area contributed by atoms with Gasteiger partial charge in [-0.2, -0.15) is 5.26 Å². The Bertz CT molecular complexity index is 396. The van der Waals surface area contributed by atoms with E-state index in [1.54, 1.807) is 6.07 Å². The standard InChI is InChI=1S/C12H13NO3/c1-12(9-13,15-2)11(14)16-8-10-6-4-3-5-7-10/h3-7H,8H2,1-2H3. The Balaban J connectivity index is 2.57. The van der Waals surface area contributed by atoms with Crippen LogP contribution < -0.4 is 0 Å². The van der Waals surface area contributed by atoms with Gasteiger partial charge >= 0.3 is 5.97 Å². The Morgan fingerprint density at radius 3 is 2.56 bits per heavy atom. The van der Waals surface area contributed by atoms with Gasteiger partial charge in [0.25, 0.3) is 0 Å². The van der Waals surface area contributed by atoms with Gasteiger partial charge in [-0.25, -0.2) is 4.79 Å². The van der Waals surface area contributed by atoms with E-state index in [2.05, 4.69) is 0 Å². The molecule has 0 spiro atoms. The minimum absolute atomic E-state index is 0.139. The lowest BCUT2D eigenvalue weighted by Gasteiger charge is -2.17. The summed E-state index contributed by atoms with van der Waals surface area (Å²) in [5, 5.41) is 8.78. The van der Waals surface area contributed by atoms with Crippen molar-refractivity contribution in [3.05, 3.63) is 35.9 Å². The molecule has 0 fully saturated rings. The van der Waals surface area contributed by atoms with Crippen molar-refractivity contribution in [1.29, 1.82) is 5.26 Å². The molecule has 0 bridgehead atoms. The normalized spacial score (nSPS) is 13.6. The fourth-order valence-corrected chi connectivity index (χ4v) is 1.04. The quantitative estimate of drug-likeness (QED) is 0.722. The molecular weight excluding hydrogens is 206 g/mol. The Morgan fingerprint density at radius 1 is 1.44 bits per heavy atom. The monoisotopic (exact) mass is 219 g/mol. The number of esters is 1. The summed E-state index contributed by atoms with van der Waals surface area (Å²) < 4.78 is 9.79. The van der Waals surface area contributed by atoms with Crippen LogP contribution in [0.4, 0.5) is 0 Å². The third kappa shape index (κ3) is 2.81. The predicted molar refractivity (Wildman–Crippen MR) is 57.3 cm³/mol. The van der Waals surface area contributed by atoms with E-state index in [1.807, 2.05) is 30.3 Å². The highest BCUT2D eigenvalue weighted by Crippen LogP contribution is 2.11. The fraction of sp³-hybridized carbons (Fsp3) is 0.333. The molecule has 0 aliphatic rings. The van der Waals surface area contributed by atoms with Crippen molar-refractivity contribution in [1.82, 2.24) is 0 Å². The first-order chi connectivity index (χ1) is 7.62. The van der Waals surface area contributed by atoms with Crippen LogP contribution in [0.2, 0.25) is 0 Å². The van der Waals surface area contributed by atoms with Gasteiger partial charge < -0.3 is 9.47 Å². The van der Waals surface area contributed by atoms with E-state index in [0.29, 0.717) is 0 Å². The van der Waals surface area contributed by atoms with E-state index in [0.717, 1.165) is 5.56 Å². The number of methoxy groups -OCH3 is 1. The van der Waals surface area contributed by atoms with Crippen LogP contribution in [0.25, 0.3) is 0 Å². The molecule has 0 radical (unpaired) electrons. The largest absolute Gasteiger partial charge is 0.458 e. The van der Waals surface area contributed by atoms with Crippen molar-refractivity contribution in [2.24, 2.45) is 0 Å². The van der Waals surface area contributed by atoms with E-state index in [1.165, 1.54) is 14.0 Å². The van der Waals surface area contributed by atoms with Crippen LogP contribution in [-0.2, 0) is 20.9 Å². The first kappa shape index (κ1) is 12.2. The molecule has 4 nitrogen and oxygen atoms in total. The predicted octanol–water partition coefficient (Wildman–Crippen LogP) is 1.66. The molecule has 1 aromatic carbocycles. The number of hydrogen-bond donors (Lipinski definition) is 0. The molecule has 1 atom stereocenters. The van der Waals surface area contributed by atoms with Gasteiger partial charge in [0.15, 0.2) is 0 Å². The average molecular weight is 219 g/mol. The van der Waals surface area contributed by atoms with E-state index in [9.17, 15) is 4.79 Å². The number of carbonyl (C=O) groups is 1. The molecule has 0 aliphatic heterocycles. The molecule has 84 valence electrons. The van der Waals surface area contributed by atoms with Crippen LogP contribution in [0, 0.1) is 11.3 Å². The zero-order chi connectivity index (χ0) is 12.0. The lowest BCUT2D eigenvalue weighted by atomic mass is 10.1. The molecule has 0 amide bonds. The van der Waals surface area contributed by atoms with Crippen LogP contribution in [0.3, 0.4) is 0 Å². The van der Waals surface area contributed by atoms with Gasteiger partial charge in [0.1, 0.15) is 12.7 Å². The summed E-state index contributed by atoms with van der Waals surface area (Å²) in [7, 11) is 1.30. The first-order valence-electron chi connectivity index (χ1n) is 4.80. The van der Waals surface area contributed by atoms with E-state index >= 15 is 0 Å². The third-order valence-electron chi connectivity index (χ3n) is 2.22. The molecule has 0 N–H and O–H groups in total. The molecule has 1 unspecified atom stereocenters. The summed E-state index contributed by atoms with van der Waals surface area (Å²) in [4.78, 5) is 11.5. The average Bonchev–Trinajstić information content (AvgIpc) is 2.36. The second-order valence-corrected chi connectivity index (χ2v) is 3.41. The van der Waals surface area contributed by atoms with Crippen molar-refractivity contribution in [2.75, 3.05) is 7.11 Å². The number of benzene rings is 1. The van der Waals surface area contributed by atoms with Gasteiger partial charge in [-0.15, -0.1) is 0 Å². The topological polar surface area (TPSA) is 59.3 Å². The Kier molecular flexibility index (Phi) is 4.03. The third-order valence-corrected chi connectivity index (χ3v) is 2.22. The molecule has 0 saturated carbocycles. The molecule has 16 heavy (non-hydrogen) atoms. The number of rotatable bonds is 4. The SMILES string of the molecule is COC(C)(C#N)C(=O)OCc1ccccc1. The van der Waals surface area contributed by atoms with Gasteiger partial charge in [-0.05, 0) is 12.5 Å². The molecule has 0 heterocycles. The van der Waals surface area contributed by atoms with Crippen LogP contribution in [0.1, 0.15) is 12.5 Å². The highest BCUT2D eigenvalue weighted by Gasteiger charge is 2.35. The molecule has 0 aromatic heterocycles. The van der Waals surface area contributed by atoms with E-state index < -0.39 is 11.6 Å². The van der Waals surface area contributed by atoms with Crippen LogP contribution in [0.15, 0.2) is 30.3 Å². The lowest BCUT2D eigenvalue weighted by Crippen LogP contribution is -2.37. The molecule has 1 aromatic rings. The molecule has 1 rings (SSSR count). The van der Waals surface area contributed by atoms with Gasteiger partial charge in [0, 0.05) is 7.11 Å². The number of hydrogen-bond acceptors (Lipinski definition) is 4. The first-order valence-corrected chi connectivity index (χ1v) is 4.80. The maximum Gasteiger partial charge on any atom is 0.353 e. The van der Waals surface area contributed by atoms with Crippen molar-refractivity contribution < 1.29 is 14.3 Å². The molecular formula is C12H13NO3. The second kappa shape index (κ2) is 5.29. The Morgan fingerprint density at radius 2 is 2.06 bits per heavy atom. The molecule has 0 saturated heterocycles. The molecule has 4 heteroatoms. The summed E-state index contributed by atoms with van der Waals surface area (Å²) >= 11 is 0.